The number of carbonyl (C=O) groups excluding carboxylic acids is 2. The van der Waals surface area contributed by atoms with Crippen molar-refractivity contribution in [2.45, 2.75) is 38.5 Å². The summed E-state index contributed by atoms with van der Waals surface area (Å²) in [5.41, 5.74) is 3.52. The topological polar surface area (TPSA) is 88.9 Å². The summed E-state index contributed by atoms with van der Waals surface area (Å²) in [5, 5.41) is 14.8. The summed E-state index contributed by atoms with van der Waals surface area (Å²) in [4.78, 5) is 24.9. The monoisotopic (exact) mass is 449 g/mol. The molecule has 166 valence electrons. The van der Waals surface area contributed by atoms with E-state index in [4.69, 9.17) is 0 Å². The van der Waals surface area contributed by atoms with Crippen molar-refractivity contribution in [2.75, 3.05) is 11.1 Å². The van der Waals surface area contributed by atoms with E-state index in [9.17, 15) is 9.59 Å². The Morgan fingerprint density at radius 3 is 2.56 bits per heavy atom. The number of hydrogen-bond donors (Lipinski definition) is 2. The molecule has 0 bridgehead atoms. The number of nitrogens with zero attached hydrogens (tertiary/aromatic N) is 3. The van der Waals surface area contributed by atoms with Gasteiger partial charge in [0.25, 0.3) is 5.91 Å². The van der Waals surface area contributed by atoms with E-state index in [1.165, 1.54) is 17.3 Å². The molecule has 8 heteroatoms. The van der Waals surface area contributed by atoms with Crippen LogP contribution in [-0.2, 0) is 24.3 Å². The molecular formula is C24H27N5O2S. The molecule has 0 atom stereocenters. The van der Waals surface area contributed by atoms with Crippen LogP contribution in [0.3, 0.4) is 0 Å². The van der Waals surface area contributed by atoms with Crippen molar-refractivity contribution < 1.29 is 9.59 Å². The second-order valence-electron chi connectivity index (χ2n) is 7.18. The van der Waals surface area contributed by atoms with E-state index in [1.54, 1.807) is 12.1 Å². The van der Waals surface area contributed by atoms with Gasteiger partial charge in [-0.1, -0.05) is 55.1 Å². The van der Waals surface area contributed by atoms with Gasteiger partial charge in [0.2, 0.25) is 5.91 Å². The Kier molecular flexibility index (Phi) is 8.21. The second kappa shape index (κ2) is 11.3. The molecule has 0 fully saturated rings. The highest BCUT2D eigenvalue weighted by molar-refractivity contribution is 7.99. The summed E-state index contributed by atoms with van der Waals surface area (Å²) in [6, 6.07) is 15.2. The Hall–Kier alpha value is -3.39. The first kappa shape index (κ1) is 23.3. The second-order valence-corrected chi connectivity index (χ2v) is 8.13. The van der Waals surface area contributed by atoms with Crippen LogP contribution in [0, 0.1) is 6.92 Å². The summed E-state index contributed by atoms with van der Waals surface area (Å²) in [5.74, 6) is 0.506. The Labute approximate surface area is 192 Å². The maximum atomic E-state index is 12.5. The van der Waals surface area contributed by atoms with Crippen molar-refractivity contribution in [1.82, 2.24) is 20.1 Å². The fourth-order valence-corrected chi connectivity index (χ4v) is 3.87. The quantitative estimate of drug-likeness (QED) is 0.361. The normalized spacial score (nSPS) is 10.6. The van der Waals surface area contributed by atoms with Gasteiger partial charge in [0, 0.05) is 17.8 Å². The third kappa shape index (κ3) is 6.07. The lowest BCUT2D eigenvalue weighted by Crippen LogP contribution is -2.25. The fourth-order valence-electron chi connectivity index (χ4n) is 3.10. The lowest BCUT2D eigenvalue weighted by Gasteiger charge is -2.10. The van der Waals surface area contributed by atoms with E-state index in [0.29, 0.717) is 23.1 Å². The standard InChI is InChI=1S/C24H27N5O2S/c1-4-14-29-21(15-25-23(31)20-9-7-6-8-17(20)3)27-28-24(29)32-16-22(30)26-19-12-10-18(5-2)11-13-19/h4,6-13H,1,5,14-16H2,2-3H3,(H,25,31)(H,26,30). The van der Waals surface area contributed by atoms with Gasteiger partial charge in [-0.05, 0) is 42.7 Å². The van der Waals surface area contributed by atoms with Gasteiger partial charge >= 0.3 is 0 Å². The van der Waals surface area contributed by atoms with Crippen molar-refractivity contribution in [3.63, 3.8) is 0 Å². The van der Waals surface area contributed by atoms with Crippen LogP contribution >= 0.6 is 11.8 Å². The number of thioether (sulfide) groups is 1. The first-order chi connectivity index (χ1) is 15.5. The number of hydrogen-bond acceptors (Lipinski definition) is 5. The van der Waals surface area contributed by atoms with Crippen LogP contribution in [0.1, 0.15) is 34.2 Å². The lowest BCUT2D eigenvalue weighted by atomic mass is 10.1. The number of nitrogens with one attached hydrogen (secondary N) is 2. The van der Waals surface area contributed by atoms with Crippen LogP contribution < -0.4 is 10.6 Å². The van der Waals surface area contributed by atoms with Crippen LogP contribution in [0.5, 0.6) is 0 Å². The summed E-state index contributed by atoms with van der Waals surface area (Å²) in [6.07, 6.45) is 2.69. The number of carbonyl (C=O) groups is 2. The fraction of sp³-hybridized carbons (Fsp3) is 0.250. The van der Waals surface area contributed by atoms with Crippen molar-refractivity contribution in [3.05, 3.63) is 83.7 Å². The van der Waals surface area contributed by atoms with Crippen LogP contribution in [0.4, 0.5) is 5.69 Å². The average molecular weight is 450 g/mol. The Balaban J connectivity index is 1.59. The first-order valence-corrected chi connectivity index (χ1v) is 11.4. The molecule has 7 nitrogen and oxygen atoms in total. The molecule has 0 radical (unpaired) electrons. The zero-order chi connectivity index (χ0) is 22.9. The predicted molar refractivity (Wildman–Crippen MR) is 128 cm³/mol. The molecule has 1 heterocycles. The first-order valence-electron chi connectivity index (χ1n) is 10.4. The van der Waals surface area contributed by atoms with Crippen molar-refractivity contribution in [2.24, 2.45) is 0 Å². The van der Waals surface area contributed by atoms with Crippen LogP contribution in [0.15, 0.2) is 66.3 Å². The van der Waals surface area contributed by atoms with Gasteiger partial charge in [0.15, 0.2) is 11.0 Å². The van der Waals surface area contributed by atoms with E-state index in [0.717, 1.165) is 17.7 Å². The number of rotatable bonds is 10. The highest BCUT2D eigenvalue weighted by Crippen LogP contribution is 2.18. The van der Waals surface area contributed by atoms with Gasteiger partial charge in [0.1, 0.15) is 0 Å². The molecule has 0 aliphatic heterocycles. The maximum Gasteiger partial charge on any atom is 0.251 e. The third-order valence-corrected chi connectivity index (χ3v) is 5.85. The van der Waals surface area contributed by atoms with Crippen LogP contribution in [0.25, 0.3) is 0 Å². The molecule has 32 heavy (non-hydrogen) atoms. The Morgan fingerprint density at radius 1 is 1.12 bits per heavy atom. The summed E-state index contributed by atoms with van der Waals surface area (Å²) < 4.78 is 1.85. The van der Waals surface area contributed by atoms with Crippen LogP contribution in [0.2, 0.25) is 0 Å². The van der Waals surface area contributed by atoms with Gasteiger partial charge in [-0.3, -0.25) is 9.59 Å². The maximum absolute atomic E-state index is 12.5. The molecule has 3 rings (SSSR count). The molecule has 1 aromatic heterocycles. The lowest BCUT2D eigenvalue weighted by molar-refractivity contribution is -0.113. The highest BCUT2D eigenvalue weighted by Gasteiger charge is 2.15. The van der Waals surface area contributed by atoms with E-state index >= 15 is 0 Å². The Morgan fingerprint density at radius 2 is 1.88 bits per heavy atom. The molecular weight excluding hydrogens is 422 g/mol. The zero-order valence-corrected chi connectivity index (χ0v) is 19.1. The number of allylic oxidation sites excluding steroid dienone is 1. The summed E-state index contributed by atoms with van der Waals surface area (Å²) in [7, 11) is 0. The molecule has 2 N–H and O–H groups in total. The van der Waals surface area contributed by atoms with Gasteiger partial charge in [0.05, 0.1) is 12.3 Å². The van der Waals surface area contributed by atoms with Crippen molar-refractivity contribution in [3.8, 4) is 0 Å². The van der Waals surface area contributed by atoms with Gasteiger partial charge < -0.3 is 15.2 Å². The van der Waals surface area contributed by atoms with E-state index in [1.807, 2.05) is 54.0 Å². The minimum atomic E-state index is -0.168. The molecule has 0 saturated carbocycles. The molecule has 0 aliphatic carbocycles. The number of amides is 2. The summed E-state index contributed by atoms with van der Waals surface area (Å²) >= 11 is 1.29. The van der Waals surface area contributed by atoms with Gasteiger partial charge in [-0.2, -0.15) is 0 Å². The van der Waals surface area contributed by atoms with Crippen molar-refractivity contribution >= 4 is 29.3 Å². The molecule has 2 amide bonds. The number of aromatic nitrogens is 3. The van der Waals surface area contributed by atoms with Gasteiger partial charge in [-0.25, -0.2) is 0 Å². The smallest absolute Gasteiger partial charge is 0.251 e. The molecule has 0 saturated heterocycles. The van der Waals surface area contributed by atoms with E-state index < -0.39 is 0 Å². The average Bonchev–Trinajstić information content (AvgIpc) is 3.18. The molecule has 3 aromatic rings. The molecule has 0 spiro atoms. The SMILES string of the molecule is C=CCn1c(CNC(=O)c2ccccc2C)nnc1SCC(=O)Nc1ccc(CC)cc1. The Bertz CT molecular complexity index is 1090. The number of aryl methyl sites for hydroxylation is 2. The molecule has 0 aliphatic rings. The van der Waals surface area contributed by atoms with E-state index in [-0.39, 0.29) is 24.1 Å². The van der Waals surface area contributed by atoms with E-state index in [2.05, 4.69) is 34.3 Å². The minimum Gasteiger partial charge on any atom is -0.345 e. The largest absolute Gasteiger partial charge is 0.345 e. The van der Waals surface area contributed by atoms with Crippen LogP contribution in [-0.4, -0.2) is 32.3 Å². The van der Waals surface area contributed by atoms with Gasteiger partial charge in [-0.15, -0.1) is 16.8 Å². The minimum absolute atomic E-state index is 0.123. The summed E-state index contributed by atoms with van der Waals surface area (Å²) in [6.45, 7) is 8.47. The number of anilines is 1. The molecule has 2 aromatic carbocycles. The zero-order valence-electron chi connectivity index (χ0n) is 18.3. The van der Waals surface area contributed by atoms with Crippen molar-refractivity contribution in [1.29, 1.82) is 0 Å². The predicted octanol–water partition coefficient (Wildman–Crippen LogP) is 4.00. The molecule has 0 unspecified atom stereocenters. The third-order valence-electron chi connectivity index (χ3n) is 4.88. The highest BCUT2D eigenvalue weighted by atomic mass is 32.2. The number of benzene rings is 2.